The lowest BCUT2D eigenvalue weighted by molar-refractivity contribution is 0.592. The maximum absolute atomic E-state index is 11.6. The number of aryl methyl sites for hydroxylation is 1. The van der Waals surface area contributed by atoms with Gasteiger partial charge in [0.15, 0.2) is 9.84 Å². The molecule has 6 nitrogen and oxygen atoms in total. The van der Waals surface area contributed by atoms with Gasteiger partial charge in [-0.1, -0.05) is 6.92 Å². The van der Waals surface area contributed by atoms with Gasteiger partial charge >= 0.3 is 0 Å². The van der Waals surface area contributed by atoms with Crippen LogP contribution in [0.1, 0.15) is 25.0 Å². The summed E-state index contributed by atoms with van der Waals surface area (Å²) < 4.78 is 46.2. The van der Waals surface area contributed by atoms with Crippen LogP contribution in [0, 0.1) is 13.8 Å². The summed E-state index contributed by atoms with van der Waals surface area (Å²) in [5.74, 6) is 0.0653. The first-order valence-electron chi connectivity index (χ1n) is 6.57. The van der Waals surface area contributed by atoms with Gasteiger partial charge in [-0.2, -0.15) is 0 Å². The van der Waals surface area contributed by atoms with E-state index in [-0.39, 0.29) is 22.4 Å². The summed E-state index contributed by atoms with van der Waals surface area (Å²) in [6.45, 7) is 6.96. The molecule has 1 aromatic carbocycles. The highest BCUT2D eigenvalue weighted by molar-refractivity contribution is 7.91. The van der Waals surface area contributed by atoms with Crippen molar-refractivity contribution in [2.45, 2.75) is 38.6 Å². The van der Waals surface area contributed by atoms with Crippen LogP contribution in [-0.4, -0.2) is 34.4 Å². The molecule has 0 heterocycles. The minimum atomic E-state index is -3.80. The van der Waals surface area contributed by atoms with Gasteiger partial charge in [-0.05, 0) is 44.0 Å². The Morgan fingerprint density at radius 1 is 1.19 bits per heavy atom. The minimum absolute atomic E-state index is 0.0123. The molecule has 0 aliphatic carbocycles. The quantitative estimate of drug-likeness (QED) is 0.812. The predicted octanol–water partition coefficient (Wildman–Crippen LogP) is 1.19. The van der Waals surface area contributed by atoms with E-state index in [0.717, 1.165) is 11.1 Å². The summed E-state index contributed by atoms with van der Waals surface area (Å²) in [6.07, 6.45) is 0. The van der Waals surface area contributed by atoms with Crippen molar-refractivity contribution in [2.75, 3.05) is 16.8 Å². The van der Waals surface area contributed by atoms with Crippen molar-refractivity contribution < 1.29 is 16.8 Å². The molecule has 21 heavy (non-hydrogen) atoms. The van der Waals surface area contributed by atoms with E-state index in [1.165, 1.54) is 12.1 Å². The number of rotatable bonds is 6. The van der Waals surface area contributed by atoms with Crippen molar-refractivity contribution in [3.05, 3.63) is 23.3 Å². The Hall–Kier alpha value is -1.12. The molecule has 0 saturated carbocycles. The van der Waals surface area contributed by atoms with E-state index in [9.17, 15) is 16.8 Å². The summed E-state index contributed by atoms with van der Waals surface area (Å²) in [7, 11) is -6.90. The van der Waals surface area contributed by atoms with Crippen molar-refractivity contribution in [1.29, 1.82) is 0 Å². The number of primary sulfonamides is 1. The van der Waals surface area contributed by atoms with E-state index in [4.69, 9.17) is 5.14 Å². The van der Waals surface area contributed by atoms with Crippen LogP contribution >= 0.6 is 0 Å². The lowest BCUT2D eigenvalue weighted by Gasteiger charge is -2.19. The zero-order valence-corrected chi connectivity index (χ0v) is 14.3. The van der Waals surface area contributed by atoms with E-state index in [1.54, 1.807) is 20.8 Å². The van der Waals surface area contributed by atoms with Crippen LogP contribution in [0.25, 0.3) is 0 Å². The SMILES string of the molecule is CCS(=O)(=O)CC(C)Nc1cc(S(N)(=O)=O)cc(C)c1C. The van der Waals surface area contributed by atoms with E-state index in [1.807, 2.05) is 6.92 Å². The fourth-order valence-electron chi connectivity index (χ4n) is 1.95. The molecule has 0 spiro atoms. The maximum Gasteiger partial charge on any atom is 0.238 e. The van der Waals surface area contributed by atoms with Gasteiger partial charge in [0.1, 0.15) is 0 Å². The number of benzene rings is 1. The zero-order chi connectivity index (χ0) is 16.4. The van der Waals surface area contributed by atoms with Crippen LogP contribution in [0.5, 0.6) is 0 Å². The van der Waals surface area contributed by atoms with Gasteiger partial charge in [0, 0.05) is 17.5 Å². The average Bonchev–Trinajstić information content (AvgIpc) is 2.32. The Bertz CT molecular complexity index is 725. The van der Waals surface area contributed by atoms with Gasteiger partial charge in [-0.15, -0.1) is 0 Å². The Kier molecular flexibility index (Phi) is 5.40. The van der Waals surface area contributed by atoms with Crippen molar-refractivity contribution in [1.82, 2.24) is 0 Å². The molecule has 0 aliphatic heterocycles. The number of sulfone groups is 1. The minimum Gasteiger partial charge on any atom is -0.381 e. The first kappa shape index (κ1) is 17.9. The number of sulfonamides is 1. The van der Waals surface area contributed by atoms with Gasteiger partial charge in [0.05, 0.1) is 10.6 Å². The fraction of sp³-hybridized carbons (Fsp3) is 0.538. The molecule has 1 atom stereocenters. The second kappa shape index (κ2) is 6.33. The number of anilines is 1. The molecule has 120 valence electrons. The van der Waals surface area contributed by atoms with Crippen molar-refractivity contribution in [3.63, 3.8) is 0 Å². The third kappa shape index (κ3) is 4.98. The standard InChI is InChI=1S/C13H22N2O4S2/c1-5-20(16,17)8-10(3)15-13-7-12(21(14,18)19)6-9(2)11(13)4/h6-7,10,15H,5,8H2,1-4H3,(H2,14,18,19). The van der Waals surface area contributed by atoms with Gasteiger partial charge in [0.2, 0.25) is 10.0 Å². The van der Waals surface area contributed by atoms with Crippen LogP contribution in [0.2, 0.25) is 0 Å². The monoisotopic (exact) mass is 334 g/mol. The Labute approximate surface area is 126 Å². The second-order valence-corrected chi connectivity index (χ2v) is 9.16. The molecule has 0 fully saturated rings. The molecule has 0 bridgehead atoms. The summed E-state index contributed by atoms with van der Waals surface area (Å²) >= 11 is 0. The smallest absolute Gasteiger partial charge is 0.238 e. The van der Waals surface area contributed by atoms with Gasteiger partial charge < -0.3 is 5.32 Å². The zero-order valence-electron chi connectivity index (χ0n) is 12.7. The van der Waals surface area contributed by atoms with Crippen LogP contribution < -0.4 is 10.5 Å². The largest absolute Gasteiger partial charge is 0.381 e. The Balaban J connectivity index is 3.11. The number of nitrogens with two attached hydrogens (primary N) is 1. The molecule has 3 N–H and O–H groups in total. The lowest BCUT2D eigenvalue weighted by atomic mass is 10.1. The van der Waals surface area contributed by atoms with Gasteiger partial charge in [-0.25, -0.2) is 22.0 Å². The molecule has 0 aromatic heterocycles. The molecule has 1 unspecified atom stereocenters. The first-order chi connectivity index (χ1) is 9.46. The molecule has 0 aliphatic rings. The molecular formula is C13H22N2O4S2. The Morgan fingerprint density at radius 2 is 1.76 bits per heavy atom. The topological polar surface area (TPSA) is 106 Å². The van der Waals surface area contributed by atoms with E-state index >= 15 is 0 Å². The van der Waals surface area contributed by atoms with Crippen LogP contribution in [-0.2, 0) is 19.9 Å². The molecule has 0 radical (unpaired) electrons. The molecule has 1 aromatic rings. The third-order valence-electron chi connectivity index (χ3n) is 3.32. The van der Waals surface area contributed by atoms with Crippen LogP contribution in [0.3, 0.4) is 0 Å². The number of nitrogens with one attached hydrogen (secondary N) is 1. The first-order valence-corrected chi connectivity index (χ1v) is 9.94. The molecule has 0 saturated heterocycles. The van der Waals surface area contributed by atoms with E-state index in [0.29, 0.717) is 5.69 Å². The molecule has 0 amide bonds. The highest BCUT2D eigenvalue weighted by Crippen LogP contribution is 2.24. The van der Waals surface area contributed by atoms with Crippen molar-refractivity contribution in [2.24, 2.45) is 5.14 Å². The lowest BCUT2D eigenvalue weighted by Crippen LogP contribution is -2.27. The van der Waals surface area contributed by atoms with E-state index in [2.05, 4.69) is 5.32 Å². The van der Waals surface area contributed by atoms with Gasteiger partial charge in [-0.3, -0.25) is 0 Å². The molecule has 8 heteroatoms. The number of hydrogen-bond donors (Lipinski definition) is 2. The molecule has 1 rings (SSSR count). The normalized spacial score (nSPS) is 14.0. The van der Waals surface area contributed by atoms with Gasteiger partial charge in [0.25, 0.3) is 0 Å². The summed E-state index contributed by atoms with van der Waals surface area (Å²) in [5, 5.41) is 8.20. The summed E-state index contributed by atoms with van der Waals surface area (Å²) in [4.78, 5) is 0.0126. The third-order valence-corrected chi connectivity index (χ3v) is 6.10. The van der Waals surface area contributed by atoms with E-state index < -0.39 is 19.9 Å². The predicted molar refractivity (Wildman–Crippen MR) is 84.7 cm³/mol. The van der Waals surface area contributed by atoms with Crippen LogP contribution in [0.15, 0.2) is 17.0 Å². The van der Waals surface area contributed by atoms with Crippen LogP contribution in [0.4, 0.5) is 5.69 Å². The Morgan fingerprint density at radius 3 is 2.24 bits per heavy atom. The summed E-state index contributed by atoms with van der Waals surface area (Å²) in [5.41, 5.74) is 2.22. The fourth-order valence-corrected chi connectivity index (χ4v) is 3.65. The summed E-state index contributed by atoms with van der Waals surface area (Å²) in [6, 6.07) is 2.61. The average molecular weight is 334 g/mol. The number of hydrogen-bond acceptors (Lipinski definition) is 5. The maximum atomic E-state index is 11.6. The highest BCUT2D eigenvalue weighted by atomic mass is 32.2. The second-order valence-electron chi connectivity index (χ2n) is 5.20. The van der Waals surface area contributed by atoms with Crippen molar-refractivity contribution in [3.8, 4) is 0 Å². The molecular weight excluding hydrogens is 312 g/mol. The highest BCUT2D eigenvalue weighted by Gasteiger charge is 2.17. The van der Waals surface area contributed by atoms with Crippen molar-refractivity contribution >= 4 is 25.5 Å².